The van der Waals surface area contributed by atoms with Crippen LogP contribution in [0.5, 0.6) is 0 Å². The molecule has 6 aromatic rings. The average Bonchev–Trinajstić information content (AvgIpc) is 3.53. The molecule has 0 amide bonds. The fourth-order valence-corrected chi connectivity index (χ4v) is 5.42. The topological polar surface area (TPSA) is 55.1 Å². The number of hydrogen-bond donors (Lipinski definition) is 1. The van der Waals surface area contributed by atoms with E-state index in [1.165, 1.54) is 23.5 Å². The number of thiazole rings is 1. The second-order valence-corrected chi connectivity index (χ2v) is 10.3. The minimum Gasteiger partial charge on any atom is -0.334 e. The van der Waals surface area contributed by atoms with Crippen molar-refractivity contribution in [2.24, 2.45) is 5.10 Å². The van der Waals surface area contributed by atoms with Crippen LogP contribution in [0.1, 0.15) is 36.7 Å². The zero-order chi connectivity index (χ0) is 26.1. The van der Waals surface area contributed by atoms with Gasteiger partial charge in [0.2, 0.25) is 5.13 Å². The molecule has 0 fully saturated rings. The van der Waals surface area contributed by atoms with E-state index in [1.807, 2.05) is 47.8 Å². The first kappa shape index (κ1) is 24.0. The summed E-state index contributed by atoms with van der Waals surface area (Å²) in [5.41, 5.74) is 10.1. The summed E-state index contributed by atoms with van der Waals surface area (Å²) in [4.78, 5) is 9.65. The Balaban J connectivity index is 1.37. The van der Waals surface area contributed by atoms with E-state index in [9.17, 15) is 4.39 Å². The first-order valence-electron chi connectivity index (χ1n) is 12.5. The molecule has 0 aliphatic carbocycles. The summed E-state index contributed by atoms with van der Waals surface area (Å²) in [6, 6.07) is 27.3. The van der Waals surface area contributed by atoms with Crippen molar-refractivity contribution in [2.45, 2.75) is 26.3 Å². The number of benzene rings is 3. The lowest BCUT2D eigenvalue weighted by molar-refractivity contribution is 0.626. The van der Waals surface area contributed by atoms with Gasteiger partial charge in [0.1, 0.15) is 5.82 Å². The number of anilines is 1. The number of fused-ring (bicyclic) bond motifs is 3. The number of para-hydroxylation sites is 1. The Bertz CT molecular complexity index is 1750. The number of pyridine rings is 1. The fourth-order valence-electron chi connectivity index (χ4n) is 4.75. The highest BCUT2D eigenvalue weighted by molar-refractivity contribution is 7.14. The summed E-state index contributed by atoms with van der Waals surface area (Å²) in [6.07, 6.45) is 1.75. The van der Waals surface area contributed by atoms with Gasteiger partial charge in [-0.3, -0.25) is 5.43 Å². The lowest BCUT2D eigenvalue weighted by Gasteiger charge is -2.13. The maximum absolute atomic E-state index is 13.5. The van der Waals surface area contributed by atoms with Crippen LogP contribution < -0.4 is 5.43 Å². The molecule has 0 saturated carbocycles. The molecule has 3 aromatic heterocycles. The molecule has 38 heavy (non-hydrogen) atoms. The van der Waals surface area contributed by atoms with Crippen molar-refractivity contribution in [3.05, 3.63) is 113 Å². The zero-order valence-electron chi connectivity index (χ0n) is 21.1. The molecular formula is C31H26FN5S. The predicted octanol–water partition coefficient (Wildman–Crippen LogP) is 8.07. The minimum atomic E-state index is -0.230. The SMILES string of the molecule is CC(C)c1nc(/C=N/Nc2nc(-c3ccccc3)cs2)cc2c3ccccc3n(Cc3ccc(F)cc3)c12. The molecule has 6 rings (SSSR count). The van der Waals surface area contributed by atoms with Crippen LogP contribution in [-0.4, -0.2) is 20.7 Å². The second kappa shape index (κ2) is 10.2. The van der Waals surface area contributed by atoms with Gasteiger partial charge in [0.05, 0.1) is 28.8 Å². The quantitative estimate of drug-likeness (QED) is 0.171. The Morgan fingerprint density at radius 2 is 1.71 bits per heavy atom. The van der Waals surface area contributed by atoms with E-state index in [1.54, 1.807) is 6.21 Å². The number of hydrazone groups is 1. The van der Waals surface area contributed by atoms with Crippen LogP contribution in [0.15, 0.2) is 95.4 Å². The molecule has 0 radical (unpaired) electrons. The van der Waals surface area contributed by atoms with Crippen LogP contribution in [0, 0.1) is 5.82 Å². The molecule has 3 heterocycles. The average molecular weight is 520 g/mol. The van der Waals surface area contributed by atoms with Crippen molar-refractivity contribution in [1.82, 2.24) is 14.5 Å². The molecule has 0 bridgehead atoms. The largest absolute Gasteiger partial charge is 0.334 e. The van der Waals surface area contributed by atoms with Crippen molar-refractivity contribution >= 4 is 44.5 Å². The summed E-state index contributed by atoms with van der Waals surface area (Å²) in [6.45, 7) is 4.94. The van der Waals surface area contributed by atoms with E-state index in [0.717, 1.165) is 55.1 Å². The molecule has 5 nitrogen and oxygen atoms in total. The molecule has 1 N–H and O–H groups in total. The van der Waals surface area contributed by atoms with Gasteiger partial charge in [-0.05, 0) is 35.7 Å². The smallest absolute Gasteiger partial charge is 0.203 e. The molecule has 7 heteroatoms. The Morgan fingerprint density at radius 1 is 0.947 bits per heavy atom. The molecule has 0 saturated heterocycles. The van der Waals surface area contributed by atoms with E-state index in [-0.39, 0.29) is 11.7 Å². The molecule has 3 aromatic carbocycles. The minimum absolute atomic E-state index is 0.197. The number of halogens is 1. The van der Waals surface area contributed by atoms with Crippen LogP contribution in [0.25, 0.3) is 33.1 Å². The highest BCUT2D eigenvalue weighted by atomic mass is 32.1. The van der Waals surface area contributed by atoms with Crippen LogP contribution in [0.3, 0.4) is 0 Å². The van der Waals surface area contributed by atoms with Crippen LogP contribution in [0.4, 0.5) is 9.52 Å². The molecule has 0 atom stereocenters. The first-order chi connectivity index (χ1) is 18.6. The summed E-state index contributed by atoms with van der Waals surface area (Å²) in [5.74, 6) is -0.0328. The maximum Gasteiger partial charge on any atom is 0.203 e. The van der Waals surface area contributed by atoms with Gasteiger partial charge in [0.25, 0.3) is 0 Å². The van der Waals surface area contributed by atoms with Crippen LogP contribution in [-0.2, 0) is 6.54 Å². The van der Waals surface area contributed by atoms with E-state index in [0.29, 0.717) is 6.54 Å². The van der Waals surface area contributed by atoms with Crippen molar-refractivity contribution in [3.63, 3.8) is 0 Å². The molecule has 0 spiro atoms. The van der Waals surface area contributed by atoms with Crippen molar-refractivity contribution in [2.75, 3.05) is 5.43 Å². The normalized spacial score (nSPS) is 11.8. The third kappa shape index (κ3) is 4.68. The maximum atomic E-state index is 13.5. The van der Waals surface area contributed by atoms with Gasteiger partial charge in [0, 0.05) is 33.8 Å². The van der Waals surface area contributed by atoms with Gasteiger partial charge >= 0.3 is 0 Å². The summed E-state index contributed by atoms with van der Waals surface area (Å²) in [5, 5.41) is 9.48. The van der Waals surface area contributed by atoms with Crippen molar-refractivity contribution in [1.29, 1.82) is 0 Å². The third-order valence-corrected chi connectivity index (χ3v) is 7.27. The monoisotopic (exact) mass is 519 g/mol. The highest BCUT2D eigenvalue weighted by Gasteiger charge is 2.18. The predicted molar refractivity (Wildman–Crippen MR) is 156 cm³/mol. The molecule has 188 valence electrons. The Morgan fingerprint density at radius 3 is 2.50 bits per heavy atom. The second-order valence-electron chi connectivity index (χ2n) is 9.49. The van der Waals surface area contributed by atoms with E-state index >= 15 is 0 Å². The third-order valence-electron chi connectivity index (χ3n) is 6.53. The Hall–Kier alpha value is -4.36. The molecule has 0 aliphatic rings. The number of hydrogen-bond acceptors (Lipinski definition) is 5. The van der Waals surface area contributed by atoms with Crippen molar-refractivity contribution in [3.8, 4) is 11.3 Å². The van der Waals surface area contributed by atoms with E-state index in [2.05, 4.69) is 64.3 Å². The van der Waals surface area contributed by atoms with Gasteiger partial charge in [0.15, 0.2) is 0 Å². The number of aromatic nitrogens is 3. The zero-order valence-corrected chi connectivity index (χ0v) is 21.9. The molecular weight excluding hydrogens is 493 g/mol. The van der Waals surface area contributed by atoms with Crippen LogP contribution >= 0.6 is 11.3 Å². The van der Waals surface area contributed by atoms with Gasteiger partial charge < -0.3 is 4.57 Å². The Labute approximate surface area is 224 Å². The number of rotatable bonds is 7. The first-order valence-corrected chi connectivity index (χ1v) is 13.4. The van der Waals surface area contributed by atoms with Crippen LogP contribution in [0.2, 0.25) is 0 Å². The summed E-state index contributed by atoms with van der Waals surface area (Å²) in [7, 11) is 0. The van der Waals surface area contributed by atoms with E-state index < -0.39 is 0 Å². The molecule has 0 aliphatic heterocycles. The highest BCUT2D eigenvalue weighted by Crippen LogP contribution is 2.34. The standard InChI is InChI=1S/C31H26FN5S/c1-20(2)29-30-26(25-10-6-7-11-28(25)37(30)18-21-12-14-23(32)15-13-21)16-24(34-29)17-33-36-31-35-27(19-38-31)22-8-4-3-5-9-22/h3-17,19-20H,18H2,1-2H3,(H,35,36)/b33-17+. The fraction of sp³-hybridized carbons (Fsp3) is 0.129. The van der Waals surface area contributed by atoms with Gasteiger partial charge in [-0.25, -0.2) is 14.4 Å². The summed E-state index contributed by atoms with van der Waals surface area (Å²) >= 11 is 1.51. The lowest BCUT2D eigenvalue weighted by Crippen LogP contribution is -2.05. The van der Waals surface area contributed by atoms with Crippen molar-refractivity contribution < 1.29 is 4.39 Å². The van der Waals surface area contributed by atoms with Gasteiger partial charge in [-0.2, -0.15) is 5.10 Å². The van der Waals surface area contributed by atoms with Gasteiger partial charge in [-0.1, -0.05) is 74.5 Å². The van der Waals surface area contributed by atoms with Gasteiger partial charge in [-0.15, -0.1) is 11.3 Å². The van der Waals surface area contributed by atoms with E-state index in [4.69, 9.17) is 4.98 Å². The molecule has 0 unspecified atom stereocenters. The number of nitrogens with zero attached hydrogens (tertiary/aromatic N) is 4. The Kier molecular flexibility index (Phi) is 6.43. The lowest BCUT2D eigenvalue weighted by atomic mass is 10.0. The summed E-state index contributed by atoms with van der Waals surface area (Å²) < 4.78 is 15.8. The number of nitrogens with one attached hydrogen (secondary N) is 1.